The molecule has 0 radical (unpaired) electrons. The number of hydrogen-bond donors (Lipinski definition) is 1. The van der Waals surface area contributed by atoms with E-state index >= 15 is 0 Å². The minimum Gasteiger partial charge on any atom is -0.463 e. The van der Waals surface area contributed by atoms with Crippen LogP contribution in [-0.2, 0) is 4.79 Å². The number of rotatable bonds is 7. The zero-order chi connectivity index (χ0) is 21.6. The molecule has 2 heterocycles. The van der Waals surface area contributed by atoms with Crippen molar-refractivity contribution in [3.05, 3.63) is 84.3 Å². The molecular weight excluding hydrogens is 410 g/mol. The highest BCUT2D eigenvalue weighted by Crippen LogP contribution is 2.28. The summed E-state index contributed by atoms with van der Waals surface area (Å²) in [6, 6.07) is 21.5. The monoisotopic (exact) mass is 431 g/mol. The third-order valence-corrected chi connectivity index (χ3v) is 5.44. The van der Waals surface area contributed by atoms with Gasteiger partial charge in [-0.15, -0.1) is 10.2 Å². The Balaban J connectivity index is 1.53. The predicted molar refractivity (Wildman–Crippen MR) is 121 cm³/mol. The van der Waals surface area contributed by atoms with Gasteiger partial charge in [-0.2, -0.15) is 5.10 Å². The zero-order valence-electron chi connectivity index (χ0n) is 17.1. The Morgan fingerprint density at radius 1 is 1.06 bits per heavy atom. The van der Waals surface area contributed by atoms with E-state index in [1.807, 2.05) is 66.1 Å². The molecule has 31 heavy (non-hydrogen) atoms. The Morgan fingerprint density at radius 2 is 1.84 bits per heavy atom. The van der Waals surface area contributed by atoms with Crippen LogP contribution in [0.2, 0.25) is 0 Å². The van der Waals surface area contributed by atoms with E-state index in [-0.39, 0.29) is 11.7 Å². The molecule has 1 amide bonds. The van der Waals surface area contributed by atoms with Crippen LogP contribution in [0.1, 0.15) is 18.2 Å². The molecule has 0 fully saturated rings. The number of thioether (sulfide) groups is 1. The van der Waals surface area contributed by atoms with E-state index < -0.39 is 0 Å². The molecule has 4 aromatic rings. The zero-order valence-corrected chi connectivity index (χ0v) is 18.0. The summed E-state index contributed by atoms with van der Waals surface area (Å²) in [5.74, 6) is 1.24. The Morgan fingerprint density at radius 3 is 2.55 bits per heavy atom. The van der Waals surface area contributed by atoms with Gasteiger partial charge in [-0.3, -0.25) is 9.36 Å². The van der Waals surface area contributed by atoms with Gasteiger partial charge in [0.05, 0.1) is 12.0 Å². The molecule has 8 heteroatoms. The van der Waals surface area contributed by atoms with E-state index in [0.29, 0.717) is 16.6 Å². The molecule has 4 rings (SSSR count). The highest BCUT2D eigenvalue weighted by molar-refractivity contribution is 7.99. The quantitative estimate of drug-likeness (QED) is 0.265. The van der Waals surface area contributed by atoms with Crippen molar-refractivity contribution < 1.29 is 9.21 Å². The molecule has 2 aromatic carbocycles. The normalized spacial score (nSPS) is 11.5. The standard InChI is InChI=1S/C23H21N5O2S/c1-16-10-12-18(13-11-16)22-26-27-23(28(22)19-7-4-3-5-8-19)31-15-21(29)25-24-17(2)20-9-6-14-30-20/h3-14H,15H2,1-2H3,(H,25,29)/b24-17-. The van der Waals surface area contributed by atoms with Gasteiger partial charge < -0.3 is 4.42 Å². The van der Waals surface area contributed by atoms with E-state index in [0.717, 1.165) is 17.1 Å². The molecule has 1 N–H and O–H groups in total. The van der Waals surface area contributed by atoms with Crippen LogP contribution in [0.5, 0.6) is 0 Å². The second kappa shape index (κ2) is 9.44. The number of aryl methyl sites for hydroxylation is 1. The van der Waals surface area contributed by atoms with Gasteiger partial charge in [0.25, 0.3) is 5.91 Å². The molecule has 0 spiro atoms. The van der Waals surface area contributed by atoms with Gasteiger partial charge in [0.1, 0.15) is 11.5 Å². The maximum atomic E-state index is 12.3. The third kappa shape index (κ3) is 4.92. The number of hydrogen-bond acceptors (Lipinski definition) is 6. The summed E-state index contributed by atoms with van der Waals surface area (Å²) in [6.07, 6.45) is 1.56. The lowest BCUT2D eigenvalue weighted by atomic mass is 10.1. The molecule has 2 aromatic heterocycles. The number of nitrogens with zero attached hydrogens (tertiary/aromatic N) is 4. The maximum absolute atomic E-state index is 12.3. The van der Waals surface area contributed by atoms with Crippen LogP contribution in [0.25, 0.3) is 17.1 Å². The summed E-state index contributed by atoms with van der Waals surface area (Å²) in [4.78, 5) is 12.3. The first kappa shape index (κ1) is 20.6. The minimum absolute atomic E-state index is 0.147. The topological polar surface area (TPSA) is 85.3 Å². The summed E-state index contributed by atoms with van der Waals surface area (Å²) < 4.78 is 7.22. The third-order valence-electron chi connectivity index (χ3n) is 4.52. The molecule has 0 unspecified atom stereocenters. The first-order valence-electron chi connectivity index (χ1n) is 9.69. The van der Waals surface area contributed by atoms with E-state index in [2.05, 4.69) is 20.7 Å². The number of hydrazone groups is 1. The minimum atomic E-state index is -0.240. The van der Waals surface area contributed by atoms with Crippen LogP contribution in [0, 0.1) is 6.92 Å². The summed E-state index contributed by atoms with van der Waals surface area (Å²) in [7, 11) is 0. The van der Waals surface area contributed by atoms with E-state index in [1.54, 1.807) is 25.3 Å². The lowest BCUT2D eigenvalue weighted by Crippen LogP contribution is -2.21. The number of carbonyl (C=O) groups is 1. The fraction of sp³-hybridized carbons (Fsp3) is 0.130. The Labute approximate surface area is 184 Å². The number of nitrogens with one attached hydrogen (secondary N) is 1. The molecule has 0 atom stereocenters. The van der Waals surface area contributed by atoms with Crippen molar-refractivity contribution in [2.45, 2.75) is 19.0 Å². The Kier molecular flexibility index (Phi) is 6.28. The van der Waals surface area contributed by atoms with Gasteiger partial charge in [0, 0.05) is 11.3 Å². The molecule has 0 bridgehead atoms. The van der Waals surface area contributed by atoms with Crippen LogP contribution >= 0.6 is 11.8 Å². The van der Waals surface area contributed by atoms with Crippen molar-refractivity contribution in [2.75, 3.05) is 5.75 Å². The predicted octanol–water partition coefficient (Wildman–Crippen LogP) is 4.47. The van der Waals surface area contributed by atoms with Crippen molar-refractivity contribution in [1.29, 1.82) is 0 Å². The van der Waals surface area contributed by atoms with Gasteiger partial charge in [-0.05, 0) is 38.1 Å². The number of aromatic nitrogens is 3. The smallest absolute Gasteiger partial charge is 0.250 e. The van der Waals surface area contributed by atoms with Gasteiger partial charge in [-0.1, -0.05) is 59.8 Å². The fourth-order valence-electron chi connectivity index (χ4n) is 2.91. The van der Waals surface area contributed by atoms with Crippen molar-refractivity contribution in [2.24, 2.45) is 5.10 Å². The Bertz CT molecular complexity index is 1180. The fourth-order valence-corrected chi connectivity index (χ4v) is 3.66. The van der Waals surface area contributed by atoms with Gasteiger partial charge in [0.15, 0.2) is 11.0 Å². The first-order chi connectivity index (χ1) is 15.1. The molecule has 0 aliphatic rings. The number of furan rings is 1. The van der Waals surface area contributed by atoms with Crippen LogP contribution in [-0.4, -0.2) is 32.1 Å². The first-order valence-corrected chi connectivity index (χ1v) is 10.7. The molecule has 0 aliphatic heterocycles. The second-order valence-electron chi connectivity index (χ2n) is 6.84. The summed E-state index contributed by atoms with van der Waals surface area (Å²) in [6.45, 7) is 3.81. The van der Waals surface area contributed by atoms with Crippen molar-refractivity contribution in [3.63, 3.8) is 0 Å². The number of amides is 1. The maximum Gasteiger partial charge on any atom is 0.250 e. The Hall–Kier alpha value is -3.65. The highest BCUT2D eigenvalue weighted by Gasteiger charge is 2.17. The lowest BCUT2D eigenvalue weighted by Gasteiger charge is -2.10. The average Bonchev–Trinajstić information content (AvgIpc) is 3.47. The number of carbonyl (C=O) groups excluding carboxylic acids is 1. The van der Waals surface area contributed by atoms with Crippen molar-refractivity contribution in [1.82, 2.24) is 20.2 Å². The van der Waals surface area contributed by atoms with Gasteiger partial charge in [-0.25, -0.2) is 5.43 Å². The van der Waals surface area contributed by atoms with Crippen molar-refractivity contribution in [3.8, 4) is 17.1 Å². The molecular formula is C23H21N5O2S. The van der Waals surface area contributed by atoms with Crippen LogP contribution in [0.3, 0.4) is 0 Å². The van der Waals surface area contributed by atoms with Crippen LogP contribution in [0.15, 0.2) is 87.7 Å². The lowest BCUT2D eigenvalue weighted by molar-refractivity contribution is -0.118. The molecule has 0 aliphatic carbocycles. The van der Waals surface area contributed by atoms with Gasteiger partial charge >= 0.3 is 0 Å². The summed E-state index contributed by atoms with van der Waals surface area (Å²) in [5, 5.41) is 13.5. The number of para-hydroxylation sites is 1. The van der Waals surface area contributed by atoms with Gasteiger partial charge in [0.2, 0.25) is 0 Å². The molecule has 7 nitrogen and oxygen atoms in total. The highest BCUT2D eigenvalue weighted by atomic mass is 32.2. The summed E-state index contributed by atoms with van der Waals surface area (Å²) >= 11 is 1.30. The largest absolute Gasteiger partial charge is 0.463 e. The summed E-state index contributed by atoms with van der Waals surface area (Å²) in [5.41, 5.74) is 6.21. The van der Waals surface area contributed by atoms with E-state index in [4.69, 9.17) is 4.42 Å². The second-order valence-corrected chi connectivity index (χ2v) is 7.78. The van der Waals surface area contributed by atoms with Crippen LogP contribution < -0.4 is 5.43 Å². The van der Waals surface area contributed by atoms with Crippen molar-refractivity contribution >= 4 is 23.4 Å². The molecule has 156 valence electrons. The molecule has 0 saturated carbocycles. The SMILES string of the molecule is C/C(=N/NC(=O)CSc1nnc(-c2ccc(C)cc2)n1-c1ccccc1)c1ccco1. The van der Waals surface area contributed by atoms with E-state index in [1.165, 1.54) is 17.3 Å². The number of benzene rings is 2. The average molecular weight is 432 g/mol. The van der Waals surface area contributed by atoms with E-state index in [9.17, 15) is 4.79 Å². The molecule has 0 saturated heterocycles. The van der Waals surface area contributed by atoms with Crippen LogP contribution in [0.4, 0.5) is 0 Å².